The molecule has 0 spiro atoms. The number of hydrogen-bond acceptors (Lipinski definition) is 2. The average molecular weight is 289 g/mol. The first-order chi connectivity index (χ1) is 10.2. The second kappa shape index (κ2) is 8.06. The molecule has 1 aromatic rings. The minimum absolute atomic E-state index is 0.331. The fraction of sp³-hybridized carbons (Fsp3) is 0.611. The summed E-state index contributed by atoms with van der Waals surface area (Å²) in [4.78, 5) is 14.4. The van der Waals surface area contributed by atoms with Gasteiger partial charge in [0.25, 0.3) is 0 Å². The largest absolute Gasteiger partial charge is 0.497 e. The normalized spacial score (nSPS) is 19.1. The zero-order valence-electron chi connectivity index (χ0n) is 13.3. The summed E-state index contributed by atoms with van der Waals surface area (Å²) in [6.07, 6.45) is 6.29. The van der Waals surface area contributed by atoms with Crippen LogP contribution < -0.4 is 4.74 Å². The predicted octanol–water partition coefficient (Wildman–Crippen LogP) is 3.98. The molecule has 3 heteroatoms. The van der Waals surface area contributed by atoms with E-state index in [2.05, 4.69) is 24.0 Å². The van der Waals surface area contributed by atoms with Gasteiger partial charge in [0.2, 0.25) is 5.91 Å². The van der Waals surface area contributed by atoms with Crippen LogP contribution in [0.2, 0.25) is 0 Å². The van der Waals surface area contributed by atoms with Crippen LogP contribution in [0.25, 0.3) is 0 Å². The molecule has 1 aliphatic heterocycles. The minimum atomic E-state index is 0.331. The number of methoxy groups -OCH3 is 1. The van der Waals surface area contributed by atoms with Gasteiger partial charge in [-0.3, -0.25) is 4.79 Å². The lowest BCUT2D eigenvalue weighted by Gasteiger charge is -2.25. The Morgan fingerprint density at radius 3 is 2.71 bits per heavy atom. The minimum Gasteiger partial charge on any atom is -0.497 e. The third-order valence-electron chi connectivity index (χ3n) is 4.36. The molecule has 21 heavy (non-hydrogen) atoms. The molecule has 1 heterocycles. The zero-order chi connectivity index (χ0) is 15.1. The molecule has 0 saturated carbocycles. The lowest BCUT2D eigenvalue weighted by Crippen LogP contribution is -2.33. The first-order valence-corrected chi connectivity index (χ1v) is 8.16. The van der Waals surface area contributed by atoms with Crippen LogP contribution in [-0.2, 0) is 4.79 Å². The van der Waals surface area contributed by atoms with Gasteiger partial charge in [0.05, 0.1) is 7.11 Å². The number of ether oxygens (including phenoxy) is 1. The summed E-state index contributed by atoms with van der Waals surface area (Å²) in [6, 6.07) is 8.32. The van der Waals surface area contributed by atoms with E-state index in [1.54, 1.807) is 7.11 Å². The van der Waals surface area contributed by atoms with Crippen LogP contribution in [-0.4, -0.2) is 31.0 Å². The molecule has 0 bridgehead atoms. The van der Waals surface area contributed by atoms with E-state index in [4.69, 9.17) is 4.74 Å². The van der Waals surface area contributed by atoms with Gasteiger partial charge in [0.1, 0.15) is 5.75 Å². The van der Waals surface area contributed by atoms with E-state index in [0.29, 0.717) is 18.2 Å². The molecule has 1 aromatic carbocycles. The third kappa shape index (κ3) is 4.48. The van der Waals surface area contributed by atoms with Gasteiger partial charge in [-0.1, -0.05) is 31.9 Å². The summed E-state index contributed by atoms with van der Waals surface area (Å²) in [5.74, 6) is 1.68. The number of carbonyl (C=O) groups is 1. The van der Waals surface area contributed by atoms with Crippen molar-refractivity contribution in [2.45, 2.75) is 51.4 Å². The molecule has 1 fully saturated rings. The molecule has 0 N–H and O–H groups in total. The Balaban J connectivity index is 2.02. The van der Waals surface area contributed by atoms with Crippen molar-refractivity contribution in [2.75, 3.05) is 20.2 Å². The Labute approximate surface area is 128 Å². The van der Waals surface area contributed by atoms with Crippen LogP contribution in [0.4, 0.5) is 0 Å². The van der Waals surface area contributed by atoms with Crippen LogP contribution >= 0.6 is 0 Å². The summed E-state index contributed by atoms with van der Waals surface area (Å²) in [6.45, 7) is 3.93. The second-order valence-electron chi connectivity index (χ2n) is 5.91. The molecule has 116 valence electrons. The summed E-state index contributed by atoms with van der Waals surface area (Å²) in [5, 5.41) is 0. The first kappa shape index (κ1) is 15.9. The monoisotopic (exact) mass is 289 g/mol. The number of carbonyl (C=O) groups excluding carboxylic acids is 1. The summed E-state index contributed by atoms with van der Waals surface area (Å²) in [5.41, 5.74) is 1.32. The van der Waals surface area contributed by atoms with Crippen LogP contribution in [0.1, 0.15) is 56.9 Å². The van der Waals surface area contributed by atoms with Gasteiger partial charge in [0.15, 0.2) is 0 Å². The van der Waals surface area contributed by atoms with Gasteiger partial charge in [-0.2, -0.15) is 0 Å². The van der Waals surface area contributed by atoms with E-state index in [0.717, 1.165) is 38.1 Å². The van der Waals surface area contributed by atoms with Gasteiger partial charge >= 0.3 is 0 Å². The topological polar surface area (TPSA) is 29.5 Å². The van der Waals surface area contributed by atoms with E-state index >= 15 is 0 Å². The van der Waals surface area contributed by atoms with E-state index < -0.39 is 0 Å². The van der Waals surface area contributed by atoms with Crippen molar-refractivity contribution >= 4 is 5.91 Å². The Hall–Kier alpha value is -1.51. The fourth-order valence-electron chi connectivity index (χ4n) is 3.00. The Morgan fingerprint density at radius 2 is 2.05 bits per heavy atom. The Kier molecular flexibility index (Phi) is 6.09. The van der Waals surface area contributed by atoms with E-state index in [1.807, 2.05) is 12.1 Å². The average Bonchev–Trinajstić information content (AvgIpc) is 2.79. The molecule has 1 aliphatic rings. The number of likely N-dealkylation sites (tertiary alicyclic amines) is 1. The highest BCUT2D eigenvalue weighted by Crippen LogP contribution is 2.28. The molecular weight excluding hydrogens is 262 g/mol. The van der Waals surface area contributed by atoms with Crippen molar-refractivity contribution < 1.29 is 9.53 Å². The van der Waals surface area contributed by atoms with Crippen molar-refractivity contribution in [3.63, 3.8) is 0 Å². The number of hydrogen-bond donors (Lipinski definition) is 0. The maximum atomic E-state index is 12.3. The molecule has 1 amide bonds. The number of amides is 1. The van der Waals surface area contributed by atoms with Crippen LogP contribution in [0.3, 0.4) is 0 Å². The summed E-state index contributed by atoms with van der Waals surface area (Å²) in [7, 11) is 1.69. The maximum absolute atomic E-state index is 12.3. The fourth-order valence-corrected chi connectivity index (χ4v) is 3.00. The molecule has 2 rings (SSSR count). The van der Waals surface area contributed by atoms with Crippen LogP contribution in [0, 0.1) is 0 Å². The molecule has 0 aliphatic carbocycles. The molecule has 0 aromatic heterocycles. The number of benzene rings is 1. The maximum Gasteiger partial charge on any atom is 0.222 e. The number of nitrogens with zero attached hydrogens (tertiary/aromatic N) is 1. The molecular formula is C18H27NO2. The predicted molar refractivity (Wildman–Crippen MR) is 85.7 cm³/mol. The lowest BCUT2D eigenvalue weighted by molar-refractivity contribution is -0.131. The highest BCUT2D eigenvalue weighted by molar-refractivity contribution is 5.76. The van der Waals surface area contributed by atoms with E-state index in [-0.39, 0.29) is 0 Å². The SMILES string of the molecule is CCCCC(=O)N1CCCCC(c2ccc(OC)cc2)C1. The standard InChI is InChI=1S/C18H27NO2/c1-3-4-8-18(20)19-13-6-5-7-16(14-19)15-9-11-17(21-2)12-10-15/h9-12,16H,3-8,13-14H2,1-2H3. The zero-order valence-corrected chi connectivity index (χ0v) is 13.3. The second-order valence-corrected chi connectivity index (χ2v) is 5.91. The van der Waals surface area contributed by atoms with Gasteiger partial charge in [-0.05, 0) is 37.0 Å². The molecule has 1 saturated heterocycles. The lowest BCUT2D eigenvalue weighted by atomic mass is 9.94. The van der Waals surface area contributed by atoms with Crippen molar-refractivity contribution in [1.82, 2.24) is 4.90 Å². The summed E-state index contributed by atoms with van der Waals surface area (Å²) >= 11 is 0. The van der Waals surface area contributed by atoms with Crippen LogP contribution in [0.15, 0.2) is 24.3 Å². The highest BCUT2D eigenvalue weighted by atomic mass is 16.5. The molecule has 0 radical (unpaired) electrons. The van der Waals surface area contributed by atoms with Gasteiger partial charge in [-0.15, -0.1) is 0 Å². The molecule has 3 nitrogen and oxygen atoms in total. The van der Waals surface area contributed by atoms with E-state index in [1.165, 1.54) is 18.4 Å². The van der Waals surface area contributed by atoms with Crippen molar-refractivity contribution in [1.29, 1.82) is 0 Å². The third-order valence-corrected chi connectivity index (χ3v) is 4.36. The quantitative estimate of drug-likeness (QED) is 0.820. The van der Waals surface area contributed by atoms with Crippen LogP contribution in [0.5, 0.6) is 5.75 Å². The highest BCUT2D eigenvalue weighted by Gasteiger charge is 2.22. The summed E-state index contributed by atoms with van der Waals surface area (Å²) < 4.78 is 5.22. The van der Waals surface area contributed by atoms with Crippen molar-refractivity contribution in [3.8, 4) is 5.75 Å². The number of unbranched alkanes of at least 4 members (excludes halogenated alkanes) is 1. The first-order valence-electron chi connectivity index (χ1n) is 8.16. The number of rotatable bonds is 5. The smallest absolute Gasteiger partial charge is 0.222 e. The van der Waals surface area contributed by atoms with Gasteiger partial charge in [-0.25, -0.2) is 0 Å². The van der Waals surface area contributed by atoms with Crippen molar-refractivity contribution in [3.05, 3.63) is 29.8 Å². The molecule has 1 unspecified atom stereocenters. The Bertz CT molecular complexity index is 441. The Morgan fingerprint density at radius 1 is 1.29 bits per heavy atom. The van der Waals surface area contributed by atoms with Gasteiger partial charge in [0, 0.05) is 25.4 Å². The molecule has 1 atom stereocenters. The van der Waals surface area contributed by atoms with Crippen molar-refractivity contribution in [2.24, 2.45) is 0 Å². The van der Waals surface area contributed by atoms with Gasteiger partial charge < -0.3 is 9.64 Å². The van der Waals surface area contributed by atoms with E-state index in [9.17, 15) is 4.79 Å².